The molecule has 1 heterocycles. The summed E-state index contributed by atoms with van der Waals surface area (Å²) in [4.78, 5) is 14.1. The van der Waals surface area contributed by atoms with Gasteiger partial charge >= 0.3 is 6.01 Å². The summed E-state index contributed by atoms with van der Waals surface area (Å²) in [7, 11) is 3.43. The van der Waals surface area contributed by atoms with E-state index >= 15 is 0 Å². The maximum atomic E-state index is 5.58. The van der Waals surface area contributed by atoms with Gasteiger partial charge in [0, 0.05) is 13.1 Å². The predicted octanol–water partition coefficient (Wildman–Crippen LogP) is 0.943. The van der Waals surface area contributed by atoms with Gasteiger partial charge in [-0.05, 0) is 12.8 Å². The van der Waals surface area contributed by atoms with E-state index in [1.54, 1.807) is 0 Å². The monoisotopic (exact) mass is 225 g/mol. The van der Waals surface area contributed by atoms with Crippen molar-refractivity contribution in [2.75, 3.05) is 24.8 Å². The largest absolute Gasteiger partial charge is 0.467 e. The average molecular weight is 225 g/mol. The number of nitrogens with two attached hydrogens (primary N) is 1. The van der Waals surface area contributed by atoms with Crippen LogP contribution in [0, 0.1) is 5.92 Å². The molecular weight excluding hydrogens is 206 g/mol. The predicted molar refractivity (Wildman–Crippen MR) is 63.5 cm³/mol. The molecule has 6 heteroatoms. The zero-order valence-electron chi connectivity index (χ0n) is 10.4. The highest BCUT2D eigenvalue weighted by Gasteiger charge is 2.17. The van der Waals surface area contributed by atoms with Crippen molar-refractivity contribution in [3.63, 3.8) is 0 Å². The summed E-state index contributed by atoms with van der Waals surface area (Å²) in [5, 5.41) is 0. The number of hydrogen-bond acceptors (Lipinski definition) is 6. The van der Waals surface area contributed by atoms with Gasteiger partial charge < -0.3 is 15.4 Å². The van der Waals surface area contributed by atoms with E-state index in [9.17, 15) is 0 Å². The second kappa shape index (κ2) is 4.96. The molecule has 0 aromatic carbocycles. The Morgan fingerprint density at radius 2 is 1.81 bits per heavy atom. The SMILES string of the molecule is COc1nc(N)nc(N(C)C(C)C(C)C)n1. The zero-order valence-corrected chi connectivity index (χ0v) is 10.4. The Labute approximate surface area is 95.9 Å². The van der Waals surface area contributed by atoms with Crippen LogP contribution in [0.1, 0.15) is 20.8 Å². The van der Waals surface area contributed by atoms with Gasteiger partial charge in [0.05, 0.1) is 7.11 Å². The fraction of sp³-hybridized carbons (Fsp3) is 0.700. The lowest BCUT2D eigenvalue weighted by molar-refractivity contribution is 0.378. The Morgan fingerprint density at radius 3 is 2.31 bits per heavy atom. The molecule has 0 saturated carbocycles. The van der Waals surface area contributed by atoms with Gasteiger partial charge in [-0.1, -0.05) is 13.8 Å². The number of ether oxygens (including phenoxy) is 1. The average Bonchev–Trinajstić information content (AvgIpc) is 2.25. The summed E-state index contributed by atoms with van der Waals surface area (Å²) in [5.41, 5.74) is 5.58. The maximum absolute atomic E-state index is 5.58. The first-order valence-corrected chi connectivity index (χ1v) is 5.24. The fourth-order valence-corrected chi connectivity index (χ4v) is 1.24. The quantitative estimate of drug-likeness (QED) is 0.821. The van der Waals surface area contributed by atoms with Crippen LogP contribution >= 0.6 is 0 Å². The Bertz CT molecular complexity index is 355. The van der Waals surface area contributed by atoms with Crippen molar-refractivity contribution in [1.29, 1.82) is 0 Å². The standard InChI is InChI=1S/C10H19N5O/c1-6(2)7(3)15(4)9-12-8(11)13-10(14-9)16-5/h6-7H,1-5H3,(H2,11,12,13,14). The molecule has 2 N–H and O–H groups in total. The molecule has 0 spiro atoms. The van der Waals surface area contributed by atoms with Gasteiger partial charge in [-0.2, -0.15) is 15.0 Å². The Kier molecular flexibility index (Phi) is 3.87. The second-order valence-electron chi connectivity index (χ2n) is 4.08. The third-order valence-electron chi connectivity index (χ3n) is 2.69. The minimum atomic E-state index is 0.171. The molecule has 0 aliphatic rings. The molecule has 1 atom stereocenters. The normalized spacial score (nSPS) is 12.6. The lowest BCUT2D eigenvalue weighted by atomic mass is 10.1. The number of anilines is 2. The molecule has 1 aromatic heterocycles. The van der Waals surface area contributed by atoms with Crippen LogP contribution in [-0.2, 0) is 0 Å². The van der Waals surface area contributed by atoms with Crippen LogP contribution in [0.3, 0.4) is 0 Å². The summed E-state index contributed by atoms with van der Waals surface area (Å²) in [6.45, 7) is 6.39. The molecule has 0 bridgehead atoms. The molecule has 1 unspecified atom stereocenters. The molecule has 0 aliphatic carbocycles. The van der Waals surface area contributed by atoms with Gasteiger partial charge in [-0.25, -0.2) is 0 Å². The van der Waals surface area contributed by atoms with Crippen molar-refractivity contribution in [2.24, 2.45) is 5.92 Å². The fourth-order valence-electron chi connectivity index (χ4n) is 1.24. The number of hydrogen-bond donors (Lipinski definition) is 1. The molecule has 1 aromatic rings. The van der Waals surface area contributed by atoms with Crippen molar-refractivity contribution in [1.82, 2.24) is 15.0 Å². The molecule has 0 amide bonds. The molecule has 1 rings (SSSR count). The molecule has 16 heavy (non-hydrogen) atoms. The van der Waals surface area contributed by atoms with Crippen molar-refractivity contribution in [3.8, 4) is 6.01 Å². The third-order valence-corrected chi connectivity index (χ3v) is 2.69. The van der Waals surface area contributed by atoms with Crippen molar-refractivity contribution >= 4 is 11.9 Å². The number of aromatic nitrogens is 3. The van der Waals surface area contributed by atoms with Crippen LogP contribution in [0.2, 0.25) is 0 Å². The first kappa shape index (κ1) is 12.5. The van der Waals surface area contributed by atoms with Crippen molar-refractivity contribution in [2.45, 2.75) is 26.8 Å². The highest BCUT2D eigenvalue weighted by Crippen LogP contribution is 2.17. The van der Waals surface area contributed by atoms with Gasteiger partial charge in [-0.15, -0.1) is 0 Å². The zero-order chi connectivity index (χ0) is 12.3. The smallest absolute Gasteiger partial charge is 0.322 e. The molecular formula is C10H19N5O. The number of nitrogen functional groups attached to an aromatic ring is 1. The molecule has 0 aliphatic heterocycles. The Morgan fingerprint density at radius 1 is 1.19 bits per heavy atom. The van der Waals surface area contributed by atoms with Crippen LogP contribution in [0.25, 0.3) is 0 Å². The molecule has 0 radical (unpaired) electrons. The summed E-state index contributed by atoms with van der Waals surface area (Å²) in [5.74, 6) is 1.20. The van der Waals surface area contributed by atoms with E-state index in [-0.39, 0.29) is 12.0 Å². The van der Waals surface area contributed by atoms with Gasteiger partial charge in [0.15, 0.2) is 0 Å². The maximum Gasteiger partial charge on any atom is 0.322 e. The Hall–Kier alpha value is -1.59. The van der Waals surface area contributed by atoms with Crippen LogP contribution < -0.4 is 15.4 Å². The van der Waals surface area contributed by atoms with Crippen LogP contribution in [0.4, 0.5) is 11.9 Å². The summed E-state index contributed by atoms with van der Waals surface area (Å²) < 4.78 is 4.96. The molecule has 6 nitrogen and oxygen atoms in total. The molecule has 0 saturated heterocycles. The summed E-state index contributed by atoms with van der Waals surface area (Å²) in [6, 6.07) is 0.553. The Balaban J connectivity index is 2.98. The van der Waals surface area contributed by atoms with E-state index in [1.165, 1.54) is 7.11 Å². The van der Waals surface area contributed by atoms with E-state index in [1.807, 2.05) is 11.9 Å². The van der Waals surface area contributed by atoms with E-state index in [0.29, 0.717) is 17.9 Å². The number of rotatable bonds is 4. The van der Waals surface area contributed by atoms with Crippen molar-refractivity contribution < 1.29 is 4.74 Å². The van der Waals surface area contributed by atoms with Crippen LogP contribution in [-0.4, -0.2) is 35.2 Å². The van der Waals surface area contributed by atoms with E-state index < -0.39 is 0 Å². The van der Waals surface area contributed by atoms with Crippen molar-refractivity contribution in [3.05, 3.63) is 0 Å². The topological polar surface area (TPSA) is 77.2 Å². The highest BCUT2D eigenvalue weighted by molar-refractivity contribution is 5.36. The van der Waals surface area contributed by atoms with Crippen LogP contribution in [0.5, 0.6) is 6.01 Å². The first-order valence-electron chi connectivity index (χ1n) is 5.24. The molecule has 90 valence electrons. The van der Waals surface area contributed by atoms with Crippen LogP contribution in [0.15, 0.2) is 0 Å². The first-order chi connectivity index (χ1) is 7.45. The lowest BCUT2D eigenvalue weighted by Crippen LogP contribution is -2.34. The van der Waals surface area contributed by atoms with Gasteiger partial charge in [0.25, 0.3) is 0 Å². The highest BCUT2D eigenvalue weighted by atomic mass is 16.5. The third kappa shape index (κ3) is 2.71. The minimum absolute atomic E-state index is 0.171. The number of methoxy groups -OCH3 is 1. The summed E-state index contributed by atoms with van der Waals surface area (Å²) in [6.07, 6.45) is 0. The van der Waals surface area contributed by atoms with E-state index in [2.05, 4.69) is 35.7 Å². The van der Waals surface area contributed by atoms with Gasteiger partial charge in [0.1, 0.15) is 0 Å². The van der Waals surface area contributed by atoms with E-state index in [4.69, 9.17) is 10.5 Å². The second-order valence-corrected chi connectivity index (χ2v) is 4.08. The lowest BCUT2D eigenvalue weighted by Gasteiger charge is -2.27. The van der Waals surface area contributed by atoms with Gasteiger partial charge in [-0.3, -0.25) is 0 Å². The minimum Gasteiger partial charge on any atom is -0.467 e. The van der Waals surface area contributed by atoms with E-state index in [0.717, 1.165) is 0 Å². The number of nitrogens with zero attached hydrogens (tertiary/aromatic N) is 4. The van der Waals surface area contributed by atoms with Gasteiger partial charge in [0.2, 0.25) is 11.9 Å². The molecule has 0 fully saturated rings. The summed E-state index contributed by atoms with van der Waals surface area (Å²) >= 11 is 0.